The van der Waals surface area contributed by atoms with Crippen LogP contribution in [-0.2, 0) is 4.79 Å². The number of amides is 1. The average Bonchev–Trinajstić information content (AvgIpc) is 2.44. The van der Waals surface area contributed by atoms with Crippen molar-refractivity contribution in [1.29, 1.82) is 0 Å². The molecule has 0 bridgehead atoms. The number of alkyl halides is 1. The zero-order chi connectivity index (χ0) is 15.6. The highest BCUT2D eigenvalue weighted by molar-refractivity contribution is 6.21. The van der Waals surface area contributed by atoms with Crippen LogP contribution in [-0.4, -0.2) is 55.8 Å². The van der Waals surface area contributed by atoms with Crippen LogP contribution in [0.3, 0.4) is 0 Å². The minimum absolute atomic E-state index is 0.0665. The normalized spacial score (nSPS) is 19.4. The minimum Gasteiger partial charge on any atom is -0.479 e. The van der Waals surface area contributed by atoms with E-state index < -0.39 is 6.10 Å². The van der Waals surface area contributed by atoms with Crippen molar-refractivity contribution in [2.75, 3.05) is 38.7 Å². The summed E-state index contributed by atoms with van der Waals surface area (Å²) in [4.78, 5) is 15.5. The summed E-state index contributed by atoms with van der Waals surface area (Å²) in [6.07, 6.45) is -0.462. The average molecular weight is 313 g/mol. The first-order valence-corrected chi connectivity index (χ1v) is 7.39. The number of fused-ring (bicyclic) bond motifs is 1. The second kappa shape index (κ2) is 6.64. The first-order chi connectivity index (χ1) is 9.93. The molecule has 1 N–H and O–H groups in total. The van der Waals surface area contributed by atoms with Gasteiger partial charge in [-0.25, -0.2) is 0 Å². The number of hydrogen-bond acceptors (Lipinski definition) is 4. The molecule has 116 valence electrons. The van der Waals surface area contributed by atoms with E-state index in [0.29, 0.717) is 18.8 Å². The molecule has 21 heavy (non-hydrogen) atoms. The van der Waals surface area contributed by atoms with Gasteiger partial charge in [-0.2, -0.15) is 0 Å². The number of ether oxygens (including phenoxy) is 1. The molecule has 0 aromatic heterocycles. The summed E-state index contributed by atoms with van der Waals surface area (Å²) in [6.45, 7) is 3.04. The second-order valence-electron chi connectivity index (χ2n) is 5.34. The molecule has 5 nitrogen and oxygen atoms in total. The van der Waals surface area contributed by atoms with Gasteiger partial charge in [0.15, 0.2) is 6.10 Å². The number of aliphatic hydroxyl groups is 1. The lowest BCUT2D eigenvalue weighted by Gasteiger charge is -2.31. The zero-order valence-corrected chi connectivity index (χ0v) is 13.3. The van der Waals surface area contributed by atoms with Gasteiger partial charge in [-0.1, -0.05) is 6.07 Å². The van der Waals surface area contributed by atoms with Crippen LogP contribution in [0.4, 0.5) is 5.69 Å². The molecule has 2 unspecified atom stereocenters. The highest BCUT2D eigenvalue weighted by Crippen LogP contribution is 2.36. The first kappa shape index (κ1) is 16.1. The Morgan fingerprint density at radius 3 is 2.90 bits per heavy atom. The quantitative estimate of drug-likeness (QED) is 0.840. The van der Waals surface area contributed by atoms with Crippen molar-refractivity contribution in [3.05, 3.63) is 23.8 Å². The molecular weight excluding hydrogens is 292 g/mol. The largest absolute Gasteiger partial charge is 0.479 e. The van der Waals surface area contributed by atoms with Crippen LogP contribution in [0.2, 0.25) is 0 Å². The lowest BCUT2D eigenvalue weighted by atomic mass is 10.1. The highest BCUT2D eigenvalue weighted by Gasteiger charge is 2.29. The third-order valence-corrected chi connectivity index (χ3v) is 4.03. The SMILES string of the molecule is CC1Oc2ccc(C(Cl)CN(C)CCO)cc2N(C)C1=O. The van der Waals surface area contributed by atoms with E-state index in [-0.39, 0.29) is 17.9 Å². The molecule has 1 aromatic carbocycles. The summed E-state index contributed by atoms with van der Waals surface area (Å²) < 4.78 is 5.59. The van der Waals surface area contributed by atoms with E-state index in [1.807, 2.05) is 30.1 Å². The van der Waals surface area contributed by atoms with Crippen molar-refractivity contribution in [3.63, 3.8) is 0 Å². The summed E-state index contributed by atoms with van der Waals surface area (Å²) in [7, 11) is 3.65. The number of carbonyl (C=O) groups excluding carboxylic acids is 1. The van der Waals surface area contributed by atoms with Crippen molar-refractivity contribution in [2.24, 2.45) is 0 Å². The van der Waals surface area contributed by atoms with Gasteiger partial charge in [0, 0.05) is 20.1 Å². The van der Waals surface area contributed by atoms with Crippen LogP contribution in [0, 0.1) is 0 Å². The van der Waals surface area contributed by atoms with Gasteiger partial charge in [0.05, 0.1) is 17.7 Å². The fraction of sp³-hybridized carbons (Fsp3) is 0.533. The molecule has 6 heteroatoms. The fourth-order valence-corrected chi connectivity index (χ4v) is 2.74. The lowest BCUT2D eigenvalue weighted by Crippen LogP contribution is -2.42. The van der Waals surface area contributed by atoms with E-state index in [4.69, 9.17) is 21.4 Å². The molecular formula is C15H21ClN2O3. The zero-order valence-electron chi connectivity index (χ0n) is 12.5. The van der Waals surface area contributed by atoms with Gasteiger partial charge < -0.3 is 19.6 Å². The van der Waals surface area contributed by atoms with Gasteiger partial charge in [0.1, 0.15) is 5.75 Å². The third kappa shape index (κ3) is 3.48. The van der Waals surface area contributed by atoms with Crippen LogP contribution >= 0.6 is 11.6 Å². The van der Waals surface area contributed by atoms with E-state index in [0.717, 1.165) is 11.3 Å². The molecule has 0 aliphatic carbocycles. The maximum atomic E-state index is 12.0. The first-order valence-electron chi connectivity index (χ1n) is 6.95. The van der Waals surface area contributed by atoms with Crippen molar-refractivity contribution >= 4 is 23.2 Å². The van der Waals surface area contributed by atoms with E-state index in [1.165, 1.54) is 0 Å². The van der Waals surface area contributed by atoms with Gasteiger partial charge in [-0.05, 0) is 31.7 Å². The summed E-state index contributed by atoms with van der Waals surface area (Å²) in [6, 6.07) is 5.66. The molecule has 0 saturated heterocycles. The minimum atomic E-state index is -0.462. The molecule has 1 amide bonds. The summed E-state index contributed by atoms with van der Waals surface area (Å²) in [5, 5.41) is 8.71. The Balaban J connectivity index is 2.19. The van der Waals surface area contributed by atoms with E-state index in [1.54, 1.807) is 18.9 Å². The maximum Gasteiger partial charge on any atom is 0.267 e. The molecule has 1 aliphatic heterocycles. The summed E-state index contributed by atoms with van der Waals surface area (Å²) in [5.74, 6) is 0.629. The molecule has 1 aromatic rings. The standard InChI is InChI=1S/C15H21ClN2O3/c1-10-15(20)18(3)13-8-11(4-5-14(13)21-10)12(16)9-17(2)6-7-19/h4-5,8,10,12,19H,6-7,9H2,1-3H3. The molecule has 0 fully saturated rings. The second-order valence-corrected chi connectivity index (χ2v) is 5.86. The number of anilines is 1. The summed E-state index contributed by atoms with van der Waals surface area (Å²) >= 11 is 6.42. The van der Waals surface area contributed by atoms with E-state index in [9.17, 15) is 4.79 Å². The number of aliphatic hydroxyl groups excluding tert-OH is 1. The van der Waals surface area contributed by atoms with Gasteiger partial charge in [-0.15, -0.1) is 11.6 Å². The Hall–Kier alpha value is -1.30. The van der Waals surface area contributed by atoms with Crippen LogP contribution in [0.5, 0.6) is 5.75 Å². The summed E-state index contributed by atoms with van der Waals surface area (Å²) in [5.41, 5.74) is 1.67. The molecule has 1 aliphatic rings. The number of benzene rings is 1. The maximum absolute atomic E-state index is 12.0. The van der Waals surface area contributed by atoms with Gasteiger partial charge in [-0.3, -0.25) is 4.79 Å². The molecule has 1 heterocycles. The van der Waals surface area contributed by atoms with Crippen molar-refractivity contribution < 1.29 is 14.6 Å². The Labute approximate surface area is 130 Å². The van der Waals surface area contributed by atoms with Gasteiger partial charge in [0.25, 0.3) is 5.91 Å². The number of nitrogens with zero attached hydrogens (tertiary/aromatic N) is 2. The fourth-order valence-electron chi connectivity index (χ4n) is 2.36. The molecule has 0 spiro atoms. The van der Waals surface area contributed by atoms with Crippen LogP contribution in [0.15, 0.2) is 18.2 Å². The Kier molecular flexibility index (Phi) is 5.08. The smallest absolute Gasteiger partial charge is 0.267 e. The third-order valence-electron chi connectivity index (χ3n) is 3.64. The Morgan fingerprint density at radius 2 is 2.24 bits per heavy atom. The molecule has 0 saturated carbocycles. The van der Waals surface area contributed by atoms with Crippen molar-refractivity contribution in [2.45, 2.75) is 18.4 Å². The van der Waals surface area contributed by atoms with Gasteiger partial charge in [0.2, 0.25) is 0 Å². The number of hydrogen-bond donors (Lipinski definition) is 1. The monoisotopic (exact) mass is 312 g/mol. The molecule has 2 rings (SSSR count). The van der Waals surface area contributed by atoms with Crippen molar-refractivity contribution in [3.8, 4) is 5.75 Å². The molecule has 0 radical (unpaired) electrons. The predicted molar refractivity (Wildman–Crippen MR) is 83.1 cm³/mol. The van der Waals surface area contributed by atoms with Crippen LogP contribution < -0.4 is 9.64 Å². The predicted octanol–water partition coefficient (Wildman–Crippen LogP) is 1.63. The van der Waals surface area contributed by atoms with Gasteiger partial charge >= 0.3 is 0 Å². The highest BCUT2D eigenvalue weighted by atomic mass is 35.5. The Morgan fingerprint density at radius 1 is 1.52 bits per heavy atom. The van der Waals surface area contributed by atoms with E-state index >= 15 is 0 Å². The number of halogens is 1. The van der Waals surface area contributed by atoms with E-state index in [2.05, 4.69) is 0 Å². The van der Waals surface area contributed by atoms with Crippen molar-refractivity contribution in [1.82, 2.24) is 4.90 Å². The topological polar surface area (TPSA) is 53.0 Å². The van der Waals surface area contributed by atoms with Crippen LogP contribution in [0.1, 0.15) is 17.9 Å². The Bertz CT molecular complexity index is 524. The number of carbonyl (C=O) groups is 1. The lowest BCUT2D eigenvalue weighted by molar-refractivity contribution is -0.125. The number of rotatable bonds is 5. The number of likely N-dealkylation sites (N-methyl/N-ethyl adjacent to an activating group) is 2. The molecule has 2 atom stereocenters. The van der Waals surface area contributed by atoms with Crippen LogP contribution in [0.25, 0.3) is 0 Å².